The lowest BCUT2D eigenvalue weighted by Crippen LogP contribution is -2.43. The summed E-state index contributed by atoms with van der Waals surface area (Å²) in [6.07, 6.45) is -2.05. The summed E-state index contributed by atoms with van der Waals surface area (Å²) in [5, 5.41) is 0. The maximum Gasteiger partial charge on any atom is 0.339 e. The number of hydrogen-bond donors (Lipinski definition) is 0. The first-order valence-corrected chi connectivity index (χ1v) is 6.10. The summed E-state index contributed by atoms with van der Waals surface area (Å²) in [4.78, 5) is 52.2. The predicted molar refractivity (Wildman–Crippen MR) is 75.4 cm³/mol. The van der Waals surface area contributed by atoms with Crippen LogP contribution in [0, 0.1) is 0 Å². The summed E-state index contributed by atoms with van der Waals surface area (Å²) in [5.41, 5.74) is -1.53. The third-order valence-corrected chi connectivity index (χ3v) is 3.03. The highest BCUT2D eigenvalue weighted by atomic mass is 16.2. The second-order valence-corrected chi connectivity index (χ2v) is 4.50. The van der Waals surface area contributed by atoms with Crippen molar-refractivity contribution in [2.24, 2.45) is 14.1 Å². The Kier molecular flexibility index (Phi) is 2.91. The second-order valence-electron chi connectivity index (χ2n) is 4.50. The number of nitrogens with zero attached hydrogens (tertiary/aromatic N) is 4. The molecule has 0 aliphatic rings. The van der Waals surface area contributed by atoms with Crippen LogP contribution in [0.1, 0.15) is 35.0 Å². The highest BCUT2D eigenvalue weighted by molar-refractivity contribution is 5.82. The van der Waals surface area contributed by atoms with Crippen LogP contribution in [-0.4, -0.2) is 30.4 Å². The van der Waals surface area contributed by atoms with Crippen LogP contribution in [0.2, 0.25) is 0 Å². The zero-order valence-electron chi connectivity index (χ0n) is 14.6. The molecule has 2 rings (SSSR count). The molecule has 21 heavy (non-hydrogen) atoms. The first kappa shape index (κ1) is 11.2. The van der Waals surface area contributed by atoms with E-state index in [-0.39, 0.29) is 11.2 Å². The first-order chi connectivity index (χ1) is 11.1. The van der Waals surface area contributed by atoms with E-state index in [2.05, 4.69) is 4.98 Å². The van der Waals surface area contributed by atoms with E-state index in [0.717, 1.165) is 4.57 Å². The van der Waals surface area contributed by atoms with Gasteiger partial charge in [0.2, 0.25) is 5.91 Å². The van der Waals surface area contributed by atoms with E-state index in [1.807, 2.05) is 0 Å². The number of Topliss-reactive ketones (excluding diaryl/α,β-unsaturated/α-hetero) is 1. The van der Waals surface area contributed by atoms with Crippen LogP contribution >= 0.6 is 0 Å². The molecule has 2 aromatic heterocycles. The Balaban J connectivity index is 2.44. The third kappa shape index (κ3) is 2.56. The molecule has 0 aromatic carbocycles. The smallest absolute Gasteiger partial charge is 0.328 e. The van der Waals surface area contributed by atoms with E-state index in [0.29, 0.717) is 4.57 Å². The van der Waals surface area contributed by atoms with Gasteiger partial charge in [-0.15, -0.1) is 0 Å². The quantitative estimate of drug-likeness (QED) is 0.780. The molecule has 0 saturated carbocycles. The SMILES string of the molecule is [2H]CC(=O)C([2H])([2H])CCC(=O)n1c(=O)c2c(ncn2C)n(C)c1=O. The number of aromatic nitrogens is 4. The average Bonchev–Trinajstić information content (AvgIpc) is 2.92. The highest BCUT2D eigenvalue weighted by Gasteiger charge is 2.19. The molecule has 8 nitrogen and oxygen atoms in total. The number of hydrogen-bond acceptors (Lipinski definition) is 5. The summed E-state index contributed by atoms with van der Waals surface area (Å²) in [7, 11) is 2.91. The summed E-state index contributed by atoms with van der Waals surface area (Å²) in [5.74, 6) is -1.87. The summed E-state index contributed by atoms with van der Waals surface area (Å²) in [6.45, 7) is -0.746. The van der Waals surface area contributed by atoms with Crippen LogP contribution in [0.25, 0.3) is 11.2 Å². The lowest BCUT2D eigenvalue weighted by molar-refractivity contribution is -0.117. The van der Waals surface area contributed by atoms with Gasteiger partial charge in [0, 0.05) is 31.0 Å². The Hall–Kier alpha value is -2.51. The van der Waals surface area contributed by atoms with Gasteiger partial charge in [-0.3, -0.25) is 14.2 Å². The fourth-order valence-corrected chi connectivity index (χ4v) is 1.98. The number of imidazole rings is 1. The molecule has 0 aliphatic carbocycles. The Bertz CT molecular complexity index is 941. The number of carbonyl (C=O) groups is 2. The maximum absolute atomic E-state index is 12.4. The van der Waals surface area contributed by atoms with Crippen molar-refractivity contribution < 1.29 is 13.7 Å². The number of rotatable bonds is 4. The largest absolute Gasteiger partial charge is 0.339 e. The fraction of sp³-hybridized carbons (Fsp3) is 0.462. The highest BCUT2D eigenvalue weighted by Crippen LogP contribution is 2.04. The molecule has 0 atom stereocenters. The Labute approximate surface area is 123 Å². The monoisotopic (exact) mass is 295 g/mol. The van der Waals surface area contributed by atoms with E-state index < -0.39 is 49.1 Å². The van der Waals surface area contributed by atoms with Crippen molar-refractivity contribution in [3.63, 3.8) is 0 Å². The van der Waals surface area contributed by atoms with E-state index >= 15 is 0 Å². The molecule has 0 radical (unpaired) electrons. The van der Waals surface area contributed by atoms with Crippen molar-refractivity contribution in [3.8, 4) is 0 Å². The molecule has 0 aliphatic heterocycles. The molecule has 0 saturated heterocycles. The molecule has 8 heteroatoms. The van der Waals surface area contributed by atoms with Crippen LogP contribution in [0.15, 0.2) is 15.9 Å². The van der Waals surface area contributed by atoms with Crippen molar-refractivity contribution >= 4 is 22.9 Å². The minimum absolute atomic E-state index is 0.0655. The van der Waals surface area contributed by atoms with Gasteiger partial charge in [0.15, 0.2) is 11.2 Å². The molecule has 0 bridgehead atoms. The van der Waals surface area contributed by atoms with Crippen molar-refractivity contribution in [1.29, 1.82) is 0 Å². The maximum atomic E-state index is 12.4. The lowest BCUT2D eigenvalue weighted by Gasteiger charge is -2.07. The number of aryl methyl sites for hydroxylation is 2. The van der Waals surface area contributed by atoms with Gasteiger partial charge in [-0.25, -0.2) is 9.78 Å². The molecular formula is C13H16N4O4. The Morgan fingerprint density at radius 2 is 2.10 bits per heavy atom. The molecule has 0 spiro atoms. The second kappa shape index (κ2) is 5.47. The molecule has 2 aromatic rings. The number of ketones is 1. The van der Waals surface area contributed by atoms with Crippen molar-refractivity contribution in [2.75, 3.05) is 0 Å². The van der Waals surface area contributed by atoms with Gasteiger partial charge >= 0.3 is 5.69 Å². The predicted octanol–water partition coefficient (Wildman–Crippen LogP) is -0.167. The molecule has 2 heterocycles. The van der Waals surface area contributed by atoms with Crippen LogP contribution in [0.4, 0.5) is 0 Å². The summed E-state index contributed by atoms with van der Waals surface area (Å²) in [6, 6.07) is 0. The molecule has 0 N–H and O–H groups in total. The van der Waals surface area contributed by atoms with Gasteiger partial charge in [-0.1, -0.05) is 0 Å². The number of fused-ring (bicyclic) bond motifs is 1. The molecule has 0 amide bonds. The van der Waals surface area contributed by atoms with Gasteiger partial charge in [0.05, 0.1) is 6.33 Å². The van der Waals surface area contributed by atoms with Crippen LogP contribution in [-0.2, 0) is 18.9 Å². The lowest BCUT2D eigenvalue weighted by atomic mass is 10.2. The van der Waals surface area contributed by atoms with Crippen LogP contribution < -0.4 is 11.2 Å². The third-order valence-electron chi connectivity index (χ3n) is 3.03. The Morgan fingerprint density at radius 3 is 2.76 bits per heavy atom. The number of carbonyl (C=O) groups excluding carboxylic acids is 2. The van der Waals surface area contributed by atoms with Crippen molar-refractivity contribution in [3.05, 3.63) is 27.2 Å². The van der Waals surface area contributed by atoms with E-state index in [9.17, 15) is 19.2 Å². The zero-order valence-corrected chi connectivity index (χ0v) is 11.6. The molecule has 112 valence electrons. The fourth-order valence-electron chi connectivity index (χ4n) is 1.98. The minimum atomic E-state index is -2.36. The normalized spacial score (nSPS) is 13.7. The summed E-state index contributed by atoms with van der Waals surface area (Å²) < 4.78 is 24.8. The first-order valence-electron chi connectivity index (χ1n) is 7.81. The van der Waals surface area contributed by atoms with Crippen molar-refractivity contribution in [2.45, 2.75) is 26.1 Å². The van der Waals surface area contributed by atoms with Gasteiger partial charge in [-0.2, -0.15) is 4.57 Å². The van der Waals surface area contributed by atoms with E-state index in [1.165, 1.54) is 17.9 Å². The Morgan fingerprint density at radius 1 is 1.38 bits per heavy atom. The molecule has 0 unspecified atom stereocenters. The summed E-state index contributed by atoms with van der Waals surface area (Å²) >= 11 is 0. The van der Waals surface area contributed by atoms with Gasteiger partial charge in [0.1, 0.15) is 5.78 Å². The average molecular weight is 295 g/mol. The topological polar surface area (TPSA) is 96.0 Å². The zero-order chi connectivity index (χ0) is 18.2. The van der Waals surface area contributed by atoms with Gasteiger partial charge < -0.3 is 9.36 Å². The standard InChI is InChI=1S/C13H16N4O4/c1-8(18)5-4-6-9(19)17-12(20)10-11(14-7-15(10)2)16(3)13(17)21/h7H,4-6H2,1-3H3/i1D,5D2. The molecular weight excluding hydrogens is 276 g/mol. The molecule has 0 fully saturated rings. The van der Waals surface area contributed by atoms with Gasteiger partial charge in [0.25, 0.3) is 5.56 Å². The van der Waals surface area contributed by atoms with Crippen LogP contribution in [0.3, 0.4) is 0 Å². The van der Waals surface area contributed by atoms with Crippen LogP contribution in [0.5, 0.6) is 0 Å². The van der Waals surface area contributed by atoms with Gasteiger partial charge in [-0.05, 0) is 13.3 Å². The minimum Gasteiger partial charge on any atom is -0.328 e. The van der Waals surface area contributed by atoms with E-state index in [1.54, 1.807) is 7.05 Å². The van der Waals surface area contributed by atoms with Crippen molar-refractivity contribution in [1.82, 2.24) is 18.7 Å². The van der Waals surface area contributed by atoms with E-state index in [4.69, 9.17) is 4.11 Å².